The Hall–Kier alpha value is -5.22. The number of hydrogen-bond donors (Lipinski definition) is 2. The summed E-state index contributed by atoms with van der Waals surface area (Å²) in [6.07, 6.45) is -0.560. The molecule has 0 bridgehead atoms. The van der Waals surface area contributed by atoms with Crippen LogP contribution in [0.3, 0.4) is 0 Å². The molecule has 5 rings (SSSR count). The fourth-order valence-electron chi connectivity index (χ4n) is 5.28. The fraction of sp³-hybridized carbons (Fsp3) is 0.222. The van der Waals surface area contributed by atoms with Crippen LogP contribution >= 0.6 is 11.6 Å². The SMILES string of the molecule is Cc1ccc(-c2cc(F)ccc2C(=O)Nc2ccc(C(=O)N3CCN(C(=O)OC(C)(C)C)Cc4cc(Cl)ccc43)c(C(=O)O)c2)cc1. The molecule has 0 radical (unpaired) electrons. The predicted molar refractivity (Wildman–Crippen MR) is 178 cm³/mol. The van der Waals surface area contributed by atoms with Gasteiger partial charge in [-0.25, -0.2) is 14.0 Å². The average Bonchev–Trinajstić information content (AvgIpc) is 3.19. The number of rotatable bonds is 5. The summed E-state index contributed by atoms with van der Waals surface area (Å²) in [4.78, 5) is 55.7. The molecule has 1 aliphatic heterocycles. The number of carboxylic acids is 1. The summed E-state index contributed by atoms with van der Waals surface area (Å²) in [5, 5.41) is 13.2. The highest BCUT2D eigenvalue weighted by molar-refractivity contribution is 6.30. The zero-order chi connectivity index (χ0) is 34.0. The van der Waals surface area contributed by atoms with E-state index in [0.29, 0.717) is 27.4 Å². The quantitative estimate of drug-likeness (QED) is 0.226. The Labute approximate surface area is 276 Å². The molecule has 242 valence electrons. The number of aromatic carboxylic acids is 1. The number of halogens is 2. The molecule has 4 aromatic rings. The van der Waals surface area contributed by atoms with Gasteiger partial charge in [0.2, 0.25) is 0 Å². The van der Waals surface area contributed by atoms with Gasteiger partial charge in [0.15, 0.2) is 0 Å². The first kappa shape index (κ1) is 33.2. The van der Waals surface area contributed by atoms with Crippen molar-refractivity contribution in [3.8, 4) is 11.1 Å². The lowest BCUT2D eigenvalue weighted by molar-refractivity contribution is 0.0242. The predicted octanol–water partition coefficient (Wildman–Crippen LogP) is 7.80. The number of aryl methyl sites for hydroxylation is 1. The highest BCUT2D eigenvalue weighted by Gasteiger charge is 2.31. The van der Waals surface area contributed by atoms with Crippen molar-refractivity contribution < 1.29 is 33.4 Å². The summed E-state index contributed by atoms with van der Waals surface area (Å²) in [5.74, 6) is -3.10. The number of carboxylic acid groups (broad SMARTS) is 1. The van der Waals surface area contributed by atoms with Crippen molar-refractivity contribution in [3.63, 3.8) is 0 Å². The van der Waals surface area contributed by atoms with E-state index < -0.39 is 35.3 Å². The van der Waals surface area contributed by atoms with Crippen LogP contribution in [0.5, 0.6) is 0 Å². The third kappa shape index (κ3) is 7.61. The van der Waals surface area contributed by atoms with E-state index in [1.807, 2.05) is 19.1 Å². The standard InChI is InChI=1S/C36H33ClFN3O6/c1-21-5-7-22(8-6-21)29-18-25(38)10-12-27(29)32(42)39-26-11-13-28(30(19-26)34(44)45)33(43)41-16-15-40(35(46)47-36(2,3)4)20-23-17-24(37)9-14-31(23)41/h5-14,17-19H,15-16,20H2,1-4H3,(H,39,42)(H,44,45). The maximum atomic E-state index is 14.2. The Kier molecular flexibility index (Phi) is 9.35. The normalized spacial score (nSPS) is 13.0. The van der Waals surface area contributed by atoms with E-state index >= 15 is 0 Å². The minimum atomic E-state index is -1.38. The third-order valence-corrected chi connectivity index (χ3v) is 7.75. The number of carbonyl (C=O) groups is 4. The molecule has 4 aromatic carbocycles. The highest BCUT2D eigenvalue weighted by atomic mass is 35.5. The molecule has 9 nitrogen and oxygen atoms in total. The van der Waals surface area contributed by atoms with Gasteiger partial charge in [-0.05, 0) is 99.0 Å². The molecule has 11 heteroatoms. The smallest absolute Gasteiger partial charge is 0.410 e. The maximum Gasteiger partial charge on any atom is 0.410 e. The van der Waals surface area contributed by atoms with Crippen LogP contribution in [0.2, 0.25) is 5.02 Å². The van der Waals surface area contributed by atoms with Crippen LogP contribution in [-0.2, 0) is 11.3 Å². The molecule has 0 saturated heterocycles. The van der Waals surface area contributed by atoms with Crippen molar-refractivity contribution in [3.05, 3.63) is 118 Å². The van der Waals surface area contributed by atoms with Crippen LogP contribution < -0.4 is 10.2 Å². The Morgan fingerprint density at radius 3 is 2.26 bits per heavy atom. The first-order chi connectivity index (χ1) is 22.2. The molecular formula is C36H33ClFN3O6. The summed E-state index contributed by atoms with van der Waals surface area (Å²) in [6, 6.07) is 19.9. The topological polar surface area (TPSA) is 116 Å². The number of benzene rings is 4. The number of carbonyl (C=O) groups excluding carboxylic acids is 3. The van der Waals surface area contributed by atoms with Crippen molar-refractivity contribution in [2.24, 2.45) is 0 Å². The van der Waals surface area contributed by atoms with Gasteiger partial charge in [-0.15, -0.1) is 0 Å². The maximum absolute atomic E-state index is 14.2. The van der Waals surface area contributed by atoms with Crippen LogP contribution in [0, 0.1) is 12.7 Å². The second kappa shape index (κ2) is 13.3. The van der Waals surface area contributed by atoms with E-state index in [9.17, 15) is 28.7 Å². The minimum Gasteiger partial charge on any atom is -0.478 e. The van der Waals surface area contributed by atoms with Gasteiger partial charge >= 0.3 is 12.1 Å². The molecule has 0 aromatic heterocycles. The summed E-state index contributed by atoms with van der Waals surface area (Å²) < 4.78 is 19.8. The molecule has 47 heavy (non-hydrogen) atoms. The number of amides is 3. The summed E-state index contributed by atoms with van der Waals surface area (Å²) in [7, 11) is 0. The summed E-state index contributed by atoms with van der Waals surface area (Å²) >= 11 is 6.27. The molecule has 1 heterocycles. The summed E-state index contributed by atoms with van der Waals surface area (Å²) in [5.41, 5.74) is 2.17. The van der Waals surface area contributed by atoms with Crippen LogP contribution in [0.4, 0.5) is 20.6 Å². The molecule has 0 fully saturated rings. The van der Waals surface area contributed by atoms with Gasteiger partial charge in [-0.1, -0.05) is 41.4 Å². The zero-order valence-corrected chi connectivity index (χ0v) is 27.0. The van der Waals surface area contributed by atoms with Gasteiger partial charge in [0.1, 0.15) is 11.4 Å². The van der Waals surface area contributed by atoms with E-state index in [0.717, 1.165) is 5.56 Å². The van der Waals surface area contributed by atoms with E-state index in [1.165, 1.54) is 46.2 Å². The Balaban J connectivity index is 1.44. The fourth-order valence-corrected chi connectivity index (χ4v) is 5.47. The van der Waals surface area contributed by atoms with Gasteiger partial charge in [0.25, 0.3) is 11.8 Å². The summed E-state index contributed by atoms with van der Waals surface area (Å²) in [6.45, 7) is 7.47. The average molecular weight is 658 g/mol. The van der Waals surface area contributed by atoms with Crippen LogP contribution in [0.15, 0.2) is 78.9 Å². The van der Waals surface area contributed by atoms with Crippen molar-refractivity contribution in [2.45, 2.75) is 39.8 Å². The second-order valence-corrected chi connectivity index (χ2v) is 12.6. The molecule has 2 N–H and O–H groups in total. The molecular weight excluding hydrogens is 625 g/mol. The number of ether oxygens (including phenoxy) is 1. The van der Waals surface area contributed by atoms with Gasteiger partial charge in [-0.2, -0.15) is 0 Å². The molecule has 0 atom stereocenters. The van der Waals surface area contributed by atoms with Crippen molar-refractivity contribution in [2.75, 3.05) is 23.3 Å². The van der Waals surface area contributed by atoms with Gasteiger partial charge in [0, 0.05) is 35.1 Å². The van der Waals surface area contributed by atoms with E-state index in [-0.39, 0.29) is 42.0 Å². The molecule has 0 spiro atoms. The van der Waals surface area contributed by atoms with Crippen LogP contribution in [-0.4, -0.2) is 52.6 Å². The van der Waals surface area contributed by atoms with E-state index in [2.05, 4.69) is 5.32 Å². The number of fused-ring (bicyclic) bond motifs is 1. The van der Waals surface area contributed by atoms with Crippen LogP contribution in [0.1, 0.15) is 63.0 Å². The molecule has 0 saturated carbocycles. The lowest BCUT2D eigenvalue weighted by atomic mass is 9.98. The molecule has 0 unspecified atom stereocenters. The minimum absolute atomic E-state index is 0.0522. The number of nitrogens with zero attached hydrogens (tertiary/aromatic N) is 2. The molecule has 3 amide bonds. The van der Waals surface area contributed by atoms with E-state index in [1.54, 1.807) is 51.1 Å². The Bertz CT molecular complexity index is 1890. The zero-order valence-electron chi connectivity index (χ0n) is 26.3. The number of nitrogens with one attached hydrogen (secondary N) is 1. The van der Waals surface area contributed by atoms with Crippen LogP contribution in [0.25, 0.3) is 11.1 Å². The largest absolute Gasteiger partial charge is 0.478 e. The van der Waals surface area contributed by atoms with Gasteiger partial charge < -0.3 is 25.0 Å². The number of anilines is 2. The van der Waals surface area contributed by atoms with Crippen molar-refractivity contribution >= 4 is 46.9 Å². The molecule has 0 aliphatic carbocycles. The first-order valence-electron chi connectivity index (χ1n) is 14.8. The first-order valence-corrected chi connectivity index (χ1v) is 15.2. The lowest BCUT2D eigenvalue weighted by Gasteiger charge is -2.26. The second-order valence-electron chi connectivity index (χ2n) is 12.2. The van der Waals surface area contributed by atoms with Gasteiger partial charge in [0.05, 0.1) is 17.7 Å². The van der Waals surface area contributed by atoms with Gasteiger partial charge in [-0.3, -0.25) is 9.59 Å². The number of hydrogen-bond acceptors (Lipinski definition) is 5. The Morgan fingerprint density at radius 2 is 1.57 bits per heavy atom. The monoisotopic (exact) mass is 657 g/mol. The molecule has 1 aliphatic rings. The third-order valence-electron chi connectivity index (χ3n) is 7.51. The Morgan fingerprint density at radius 1 is 0.872 bits per heavy atom. The van der Waals surface area contributed by atoms with E-state index in [4.69, 9.17) is 16.3 Å². The highest BCUT2D eigenvalue weighted by Crippen LogP contribution is 2.32. The van der Waals surface area contributed by atoms with Crippen molar-refractivity contribution in [1.29, 1.82) is 0 Å². The van der Waals surface area contributed by atoms with Crippen molar-refractivity contribution in [1.82, 2.24) is 4.90 Å². The lowest BCUT2D eigenvalue weighted by Crippen LogP contribution is -2.40.